The van der Waals surface area contributed by atoms with Crippen molar-refractivity contribution >= 4 is 17.8 Å². The maximum atomic E-state index is 13.0. The van der Waals surface area contributed by atoms with E-state index in [2.05, 4.69) is 18.5 Å². The van der Waals surface area contributed by atoms with Crippen molar-refractivity contribution in [3.05, 3.63) is 72.9 Å². The summed E-state index contributed by atoms with van der Waals surface area (Å²) in [5.41, 5.74) is 4.69. The van der Waals surface area contributed by atoms with Gasteiger partial charge in [-0.15, -0.1) is 0 Å². The van der Waals surface area contributed by atoms with Crippen LogP contribution in [-0.2, 0) is 15.1 Å². The molecule has 0 aromatic heterocycles. The van der Waals surface area contributed by atoms with Gasteiger partial charge in [-0.05, 0) is 11.1 Å². The van der Waals surface area contributed by atoms with Crippen LogP contribution in [0.3, 0.4) is 0 Å². The molecule has 2 rings (SSSR count). The van der Waals surface area contributed by atoms with Crippen molar-refractivity contribution in [1.82, 2.24) is 10.2 Å². The molecular weight excluding hydrogens is 294 g/mol. The van der Waals surface area contributed by atoms with Gasteiger partial charge in [-0.3, -0.25) is 9.59 Å². The van der Waals surface area contributed by atoms with Gasteiger partial charge in [0.25, 0.3) is 11.8 Å². The van der Waals surface area contributed by atoms with E-state index in [0.717, 1.165) is 0 Å². The fraction of sp³-hybridized carbons (Fsp3) is 0.118. The molecule has 0 spiro atoms. The molecule has 1 aliphatic rings. The van der Waals surface area contributed by atoms with Crippen LogP contribution in [-0.4, -0.2) is 29.3 Å². The molecule has 118 valence electrons. The van der Waals surface area contributed by atoms with Crippen LogP contribution in [0.1, 0.15) is 5.56 Å². The van der Waals surface area contributed by atoms with Gasteiger partial charge in [0.1, 0.15) is 0 Å². The summed E-state index contributed by atoms with van der Waals surface area (Å²) in [5, 5.41) is 2.61. The maximum Gasteiger partial charge on any atom is 0.332 e. The van der Waals surface area contributed by atoms with Crippen molar-refractivity contribution < 1.29 is 14.4 Å². The van der Waals surface area contributed by atoms with Gasteiger partial charge in [-0.2, -0.15) is 4.90 Å². The fourth-order valence-electron chi connectivity index (χ4n) is 2.57. The lowest BCUT2D eigenvalue weighted by molar-refractivity contribution is -0.140. The lowest BCUT2D eigenvalue weighted by Gasteiger charge is -2.28. The minimum absolute atomic E-state index is 0.407. The number of imide groups is 3. The number of benzene rings is 1. The van der Waals surface area contributed by atoms with E-state index in [9.17, 15) is 14.4 Å². The first kappa shape index (κ1) is 16.4. The number of amides is 4. The smallest absolute Gasteiger partial charge is 0.322 e. The zero-order chi connectivity index (χ0) is 17.0. The first-order valence-corrected chi connectivity index (χ1v) is 6.93. The Hall–Kier alpha value is -2.99. The number of hydrogen-bond acceptors (Lipinski definition) is 4. The van der Waals surface area contributed by atoms with Crippen molar-refractivity contribution in [2.45, 2.75) is 5.54 Å². The summed E-state index contributed by atoms with van der Waals surface area (Å²) < 4.78 is 0. The average molecular weight is 311 g/mol. The van der Waals surface area contributed by atoms with Gasteiger partial charge in [0, 0.05) is 0 Å². The van der Waals surface area contributed by atoms with Crippen LogP contribution in [0.2, 0.25) is 0 Å². The number of nitrogens with zero attached hydrogens (tertiary/aromatic N) is 1. The Bertz CT molecular complexity index is 709. The molecule has 6 heteroatoms. The summed E-state index contributed by atoms with van der Waals surface area (Å²) >= 11 is 0. The minimum atomic E-state index is -1.53. The number of nitrogens with one attached hydrogen (secondary N) is 1. The highest BCUT2D eigenvalue weighted by molar-refractivity contribution is 6.20. The Morgan fingerprint density at radius 3 is 2.43 bits per heavy atom. The third-order valence-corrected chi connectivity index (χ3v) is 3.60. The number of hydrogen-bond donors (Lipinski definition) is 2. The van der Waals surface area contributed by atoms with Gasteiger partial charge in [-0.25, -0.2) is 4.79 Å². The Balaban J connectivity index is 2.71. The lowest BCUT2D eigenvalue weighted by atomic mass is 9.82. The summed E-state index contributed by atoms with van der Waals surface area (Å²) in [5.74, 6) is -1.48. The zero-order valence-electron chi connectivity index (χ0n) is 12.5. The van der Waals surface area contributed by atoms with Crippen LogP contribution in [0.25, 0.3) is 0 Å². The number of carbonyl (C=O) groups is 3. The highest BCUT2D eigenvalue weighted by Crippen LogP contribution is 2.36. The molecule has 23 heavy (non-hydrogen) atoms. The van der Waals surface area contributed by atoms with E-state index in [1.165, 1.54) is 12.2 Å². The van der Waals surface area contributed by atoms with Gasteiger partial charge >= 0.3 is 6.03 Å². The summed E-state index contributed by atoms with van der Waals surface area (Å²) in [6.07, 6.45) is 4.49. The van der Waals surface area contributed by atoms with Gasteiger partial charge < -0.3 is 11.1 Å². The van der Waals surface area contributed by atoms with Crippen LogP contribution in [0.15, 0.2) is 67.3 Å². The predicted octanol–water partition coefficient (Wildman–Crippen LogP) is 1.22. The maximum absolute atomic E-state index is 13.0. The molecular formula is C17H17N3O3. The number of urea groups is 1. The molecule has 1 aliphatic heterocycles. The topological polar surface area (TPSA) is 92.5 Å². The molecule has 3 N–H and O–H groups in total. The summed E-state index contributed by atoms with van der Waals surface area (Å²) in [6.45, 7) is 6.86. The molecule has 0 bridgehead atoms. The molecule has 1 saturated heterocycles. The van der Waals surface area contributed by atoms with E-state index >= 15 is 0 Å². The van der Waals surface area contributed by atoms with Crippen molar-refractivity contribution in [1.29, 1.82) is 0 Å². The molecule has 1 fully saturated rings. The zero-order valence-corrected chi connectivity index (χ0v) is 12.5. The van der Waals surface area contributed by atoms with Gasteiger partial charge in [-0.1, -0.05) is 61.7 Å². The molecule has 1 unspecified atom stereocenters. The SMILES string of the molecule is C=C/C=C(\C=C)C1(c2ccccc2)NC(=O)N(C(=O)CN)C1=O. The number of allylic oxidation sites excluding steroid dienone is 2. The van der Waals surface area contributed by atoms with Crippen molar-refractivity contribution in [3.8, 4) is 0 Å². The number of nitrogens with two attached hydrogens (primary N) is 1. The normalized spacial score (nSPS) is 21.1. The van der Waals surface area contributed by atoms with E-state index in [4.69, 9.17) is 5.73 Å². The second-order valence-corrected chi connectivity index (χ2v) is 4.85. The first-order valence-electron chi connectivity index (χ1n) is 6.93. The van der Waals surface area contributed by atoms with E-state index in [1.807, 2.05) is 0 Å². The molecule has 0 radical (unpaired) electrons. The molecule has 1 heterocycles. The molecule has 1 aromatic rings. The van der Waals surface area contributed by atoms with Gasteiger partial charge in [0.15, 0.2) is 5.54 Å². The highest BCUT2D eigenvalue weighted by atomic mass is 16.2. The van der Waals surface area contributed by atoms with Crippen LogP contribution in [0, 0.1) is 0 Å². The summed E-state index contributed by atoms with van der Waals surface area (Å²) in [4.78, 5) is 37.6. The first-order chi connectivity index (χ1) is 11.0. The van der Waals surface area contributed by atoms with Crippen molar-refractivity contribution in [2.75, 3.05) is 6.54 Å². The third-order valence-electron chi connectivity index (χ3n) is 3.60. The van der Waals surface area contributed by atoms with Gasteiger partial charge in [0.2, 0.25) is 0 Å². The molecule has 4 amide bonds. The summed E-state index contributed by atoms with van der Waals surface area (Å²) in [7, 11) is 0. The number of carbonyl (C=O) groups excluding carboxylic acids is 3. The predicted molar refractivity (Wildman–Crippen MR) is 86.0 cm³/mol. The Morgan fingerprint density at radius 1 is 1.26 bits per heavy atom. The van der Waals surface area contributed by atoms with Crippen LogP contribution in [0.4, 0.5) is 4.79 Å². The Kier molecular flexibility index (Phi) is 4.57. The molecule has 6 nitrogen and oxygen atoms in total. The molecule has 0 saturated carbocycles. The van der Waals surface area contributed by atoms with Crippen LogP contribution >= 0.6 is 0 Å². The minimum Gasteiger partial charge on any atom is -0.322 e. The largest absolute Gasteiger partial charge is 0.332 e. The summed E-state index contributed by atoms with van der Waals surface area (Å²) in [6, 6.07) is 7.82. The fourth-order valence-corrected chi connectivity index (χ4v) is 2.57. The Morgan fingerprint density at radius 2 is 1.91 bits per heavy atom. The Labute approximate surface area is 134 Å². The van der Waals surface area contributed by atoms with E-state index in [0.29, 0.717) is 16.0 Å². The van der Waals surface area contributed by atoms with E-state index < -0.39 is 29.9 Å². The van der Waals surface area contributed by atoms with E-state index in [-0.39, 0.29) is 0 Å². The van der Waals surface area contributed by atoms with Gasteiger partial charge in [0.05, 0.1) is 6.54 Å². The lowest BCUT2D eigenvalue weighted by Crippen LogP contribution is -2.46. The van der Waals surface area contributed by atoms with Crippen molar-refractivity contribution in [3.63, 3.8) is 0 Å². The monoisotopic (exact) mass is 311 g/mol. The standard InChI is InChI=1S/C17H17N3O3/c1-3-8-12(4-2)17(13-9-6-5-7-10-13)15(22)20(14(21)11-18)16(23)19-17/h3-10H,1-2,11,18H2,(H,19,23)/b12-8+. The molecule has 1 atom stereocenters. The second kappa shape index (κ2) is 6.41. The quantitative estimate of drug-likeness (QED) is 0.631. The average Bonchev–Trinajstić information content (AvgIpc) is 2.84. The van der Waals surface area contributed by atoms with Crippen LogP contribution in [0.5, 0.6) is 0 Å². The number of rotatable bonds is 5. The second-order valence-electron chi connectivity index (χ2n) is 4.85. The molecule has 1 aromatic carbocycles. The molecule has 0 aliphatic carbocycles. The van der Waals surface area contributed by atoms with E-state index in [1.54, 1.807) is 36.4 Å². The van der Waals surface area contributed by atoms with Crippen LogP contribution < -0.4 is 11.1 Å². The highest BCUT2D eigenvalue weighted by Gasteiger charge is 2.55. The third kappa shape index (κ3) is 2.49. The van der Waals surface area contributed by atoms with Crippen molar-refractivity contribution in [2.24, 2.45) is 5.73 Å².